The molecule has 1 fully saturated rings. The number of amides is 2. The van der Waals surface area contributed by atoms with E-state index in [0.29, 0.717) is 0 Å². The Kier molecular flexibility index (Phi) is 8.34. The molecule has 1 unspecified atom stereocenters. The molecule has 0 saturated heterocycles. The van der Waals surface area contributed by atoms with Gasteiger partial charge in [0.2, 0.25) is 11.8 Å². The van der Waals surface area contributed by atoms with Crippen LogP contribution in [0.2, 0.25) is 0 Å². The van der Waals surface area contributed by atoms with Gasteiger partial charge in [0, 0.05) is 42.3 Å². The first-order valence-corrected chi connectivity index (χ1v) is 10.9. The van der Waals surface area contributed by atoms with Crippen LogP contribution in [0.3, 0.4) is 0 Å². The lowest BCUT2D eigenvalue weighted by Gasteiger charge is -2.28. The molecular formula is C23H37N3O2. The summed E-state index contributed by atoms with van der Waals surface area (Å²) in [6, 6.07) is 6.44. The summed E-state index contributed by atoms with van der Waals surface area (Å²) >= 11 is 0. The second kappa shape index (κ2) is 10.5. The van der Waals surface area contributed by atoms with Crippen LogP contribution in [-0.4, -0.2) is 30.9 Å². The topological polar surface area (TPSA) is 61.4 Å². The third-order valence-corrected chi connectivity index (χ3v) is 6.07. The highest BCUT2D eigenvalue weighted by Gasteiger charge is 2.30. The minimum atomic E-state index is -0.00509. The van der Waals surface area contributed by atoms with Gasteiger partial charge in [0.05, 0.1) is 0 Å². The number of carbonyl (C=O) groups is 2. The summed E-state index contributed by atoms with van der Waals surface area (Å²) in [6.45, 7) is 12.4. The molecule has 1 aliphatic rings. The van der Waals surface area contributed by atoms with E-state index in [-0.39, 0.29) is 29.7 Å². The van der Waals surface area contributed by atoms with Crippen molar-refractivity contribution in [3.05, 3.63) is 23.8 Å². The van der Waals surface area contributed by atoms with Crippen molar-refractivity contribution in [3.8, 4) is 0 Å². The van der Waals surface area contributed by atoms with Crippen LogP contribution in [-0.2, 0) is 9.59 Å². The zero-order valence-corrected chi connectivity index (χ0v) is 18.2. The number of aryl methyl sites for hydroxylation is 1. The molecule has 0 radical (unpaired) electrons. The highest BCUT2D eigenvalue weighted by Crippen LogP contribution is 2.31. The van der Waals surface area contributed by atoms with Gasteiger partial charge < -0.3 is 15.5 Å². The smallest absolute Gasteiger partial charge is 0.227 e. The van der Waals surface area contributed by atoms with Crippen LogP contribution in [0.4, 0.5) is 11.4 Å². The summed E-state index contributed by atoms with van der Waals surface area (Å²) in [5.41, 5.74) is 3.16. The maximum absolute atomic E-state index is 12.7. The fourth-order valence-electron chi connectivity index (χ4n) is 3.89. The normalized spacial score (nSPS) is 20.3. The minimum Gasteiger partial charge on any atom is -0.372 e. The Morgan fingerprint density at radius 2 is 1.61 bits per heavy atom. The molecule has 156 valence electrons. The molecule has 2 amide bonds. The van der Waals surface area contributed by atoms with E-state index in [4.69, 9.17) is 0 Å². The average Bonchev–Trinajstić information content (AvgIpc) is 2.70. The van der Waals surface area contributed by atoms with E-state index in [9.17, 15) is 9.59 Å². The van der Waals surface area contributed by atoms with Gasteiger partial charge in [0.1, 0.15) is 0 Å². The van der Waals surface area contributed by atoms with Crippen LogP contribution in [0.1, 0.15) is 65.4 Å². The third kappa shape index (κ3) is 5.73. The zero-order chi connectivity index (χ0) is 20.7. The first-order chi connectivity index (χ1) is 13.4. The van der Waals surface area contributed by atoms with Crippen molar-refractivity contribution in [2.75, 3.05) is 23.3 Å². The second-order valence-corrected chi connectivity index (χ2v) is 8.03. The Balaban J connectivity index is 1.90. The fraction of sp³-hybridized carbons (Fsp3) is 0.652. The molecule has 0 spiro atoms. The summed E-state index contributed by atoms with van der Waals surface area (Å²) in [6.07, 6.45) is 4.08. The lowest BCUT2D eigenvalue weighted by Crippen LogP contribution is -2.39. The van der Waals surface area contributed by atoms with E-state index in [1.807, 2.05) is 19.9 Å². The van der Waals surface area contributed by atoms with E-state index >= 15 is 0 Å². The van der Waals surface area contributed by atoms with E-state index < -0.39 is 0 Å². The number of benzene rings is 1. The van der Waals surface area contributed by atoms with Crippen molar-refractivity contribution >= 4 is 23.2 Å². The molecule has 5 nitrogen and oxygen atoms in total. The van der Waals surface area contributed by atoms with Crippen molar-refractivity contribution in [1.29, 1.82) is 0 Å². The largest absolute Gasteiger partial charge is 0.372 e. The molecule has 0 bridgehead atoms. The van der Waals surface area contributed by atoms with Crippen molar-refractivity contribution in [3.63, 3.8) is 0 Å². The number of rotatable bonds is 8. The fourth-order valence-corrected chi connectivity index (χ4v) is 3.89. The lowest BCUT2D eigenvalue weighted by molar-refractivity contribution is -0.129. The summed E-state index contributed by atoms with van der Waals surface area (Å²) in [7, 11) is 0. The molecule has 28 heavy (non-hydrogen) atoms. The van der Waals surface area contributed by atoms with Gasteiger partial charge in [-0.25, -0.2) is 0 Å². The van der Waals surface area contributed by atoms with Gasteiger partial charge in [0.25, 0.3) is 0 Å². The summed E-state index contributed by atoms with van der Waals surface area (Å²) < 4.78 is 0. The molecule has 1 aromatic carbocycles. The summed E-state index contributed by atoms with van der Waals surface area (Å²) in [4.78, 5) is 27.3. The van der Waals surface area contributed by atoms with Crippen molar-refractivity contribution in [1.82, 2.24) is 5.32 Å². The van der Waals surface area contributed by atoms with Gasteiger partial charge in [-0.1, -0.05) is 6.92 Å². The Morgan fingerprint density at radius 3 is 2.11 bits per heavy atom. The molecule has 0 aromatic heterocycles. The predicted octanol–water partition coefficient (Wildman–Crippen LogP) is 4.50. The van der Waals surface area contributed by atoms with Crippen molar-refractivity contribution in [2.45, 2.75) is 72.8 Å². The second-order valence-electron chi connectivity index (χ2n) is 8.03. The maximum atomic E-state index is 12.7. The zero-order valence-electron chi connectivity index (χ0n) is 18.2. The number of nitrogens with one attached hydrogen (secondary N) is 2. The molecule has 0 aliphatic heterocycles. The van der Waals surface area contributed by atoms with E-state index in [2.05, 4.69) is 48.4 Å². The van der Waals surface area contributed by atoms with Gasteiger partial charge in [-0.05, 0) is 83.6 Å². The highest BCUT2D eigenvalue weighted by molar-refractivity contribution is 5.93. The van der Waals surface area contributed by atoms with Crippen LogP contribution in [0.5, 0.6) is 0 Å². The minimum absolute atomic E-state index is 0.00509. The van der Waals surface area contributed by atoms with Gasteiger partial charge in [-0.15, -0.1) is 0 Å². The van der Waals surface area contributed by atoms with E-state index in [1.165, 1.54) is 5.69 Å². The maximum Gasteiger partial charge on any atom is 0.227 e. The highest BCUT2D eigenvalue weighted by atomic mass is 16.2. The number of carbonyl (C=O) groups excluding carboxylic acids is 2. The van der Waals surface area contributed by atoms with Crippen LogP contribution in [0, 0.1) is 18.8 Å². The molecular weight excluding hydrogens is 350 g/mol. The Bertz CT molecular complexity index is 662. The molecule has 2 N–H and O–H groups in total. The Morgan fingerprint density at radius 1 is 1.04 bits per heavy atom. The number of hydrogen-bond acceptors (Lipinski definition) is 3. The lowest BCUT2D eigenvalue weighted by atomic mass is 9.81. The summed E-state index contributed by atoms with van der Waals surface area (Å²) in [5.74, 6) is 0.276. The number of nitrogens with zero attached hydrogens (tertiary/aromatic N) is 1. The average molecular weight is 388 g/mol. The van der Waals surface area contributed by atoms with Gasteiger partial charge in [0.15, 0.2) is 0 Å². The monoisotopic (exact) mass is 387 g/mol. The molecule has 1 aromatic rings. The van der Waals surface area contributed by atoms with Gasteiger partial charge >= 0.3 is 0 Å². The van der Waals surface area contributed by atoms with E-state index in [1.54, 1.807) is 0 Å². The number of anilines is 2. The van der Waals surface area contributed by atoms with Crippen LogP contribution >= 0.6 is 0 Å². The Labute approximate surface area is 170 Å². The quantitative estimate of drug-likeness (QED) is 0.690. The van der Waals surface area contributed by atoms with Crippen LogP contribution in [0.15, 0.2) is 18.2 Å². The summed E-state index contributed by atoms with van der Waals surface area (Å²) in [5, 5.41) is 6.18. The molecule has 1 saturated carbocycles. The van der Waals surface area contributed by atoms with E-state index in [0.717, 1.165) is 56.4 Å². The Hall–Kier alpha value is -2.04. The first kappa shape index (κ1) is 22.3. The molecule has 2 rings (SSSR count). The molecule has 1 atom stereocenters. The van der Waals surface area contributed by atoms with Crippen LogP contribution in [0.25, 0.3) is 0 Å². The van der Waals surface area contributed by atoms with Gasteiger partial charge in [-0.2, -0.15) is 0 Å². The van der Waals surface area contributed by atoms with Crippen molar-refractivity contribution < 1.29 is 9.59 Å². The first-order valence-electron chi connectivity index (χ1n) is 10.9. The SMILES string of the molecule is CCC(C)NC(=O)C1CCC(C(=O)Nc2ccc(N(CC)CC)cc2C)CC1. The molecule has 1 aliphatic carbocycles. The number of hydrogen-bond donors (Lipinski definition) is 2. The third-order valence-electron chi connectivity index (χ3n) is 6.07. The standard InChI is InChI=1S/C23H37N3O2/c1-6-17(5)24-22(27)18-9-11-19(12-10-18)23(28)25-21-14-13-20(15-16(21)4)26(7-2)8-3/h13-15,17-19H,6-12H2,1-5H3,(H,24,27)(H,25,28). The molecule has 0 heterocycles. The predicted molar refractivity (Wildman–Crippen MR) is 117 cm³/mol. The van der Waals surface area contributed by atoms with Crippen molar-refractivity contribution in [2.24, 2.45) is 11.8 Å². The van der Waals surface area contributed by atoms with Crippen LogP contribution < -0.4 is 15.5 Å². The molecule has 5 heteroatoms. The van der Waals surface area contributed by atoms with Gasteiger partial charge in [-0.3, -0.25) is 9.59 Å².